The van der Waals surface area contributed by atoms with E-state index in [1.54, 1.807) is 0 Å². The number of nitrogens with one attached hydrogen (secondary N) is 1. The molecule has 1 unspecified atom stereocenters. The number of hydrazine groups is 1. The number of halogens is 1. The fourth-order valence-electron chi connectivity index (χ4n) is 1.76. The molecule has 0 aliphatic heterocycles. The summed E-state index contributed by atoms with van der Waals surface area (Å²) >= 11 is 0. The maximum absolute atomic E-state index is 12.8. The third-order valence-electron chi connectivity index (χ3n) is 2.87. The van der Waals surface area contributed by atoms with Crippen LogP contribution in [0.5, 0.6) is 0 Å². The lowest BCUT2D eigenvalue weighted by molar-refractivity contribution is 0.330. The highest BCUT2D eigenvalue weighted by molar-refractivity contribution is 5.17. The van der Waals surface area contributed by atoms with E-state index in [0.717, 1.165) is 24.8 Å². The molecule has 0 aliphatic rings. The van der Waals surface area contributed by atoms with Gasteiger partial charge in [0.05, 0.1) is 0 Å². The van der Waals surface area contributed by atoms with Crippen molar-refractivity contribution in [3.05, 3.63) is 35.6 Å². The van der Waals surface area contributed by atoms with Gasteiger partial charge < -0.3 is 0 Å². The molecular weight excluding hydrogens is 215 g/mol. The van der Waals surface area contributed by atoms with Gasteiger partial charge in [-0.25, -0.2) is 4.39 Å². The molecule has 1 aromatic rings. The van der Waals surface area contributed by atoms with Crippen LogP contribution in [0.4, 0.5) is 4.39 Å². The molecule has 1 aromatic carbocycles. The topological polar surface area (TPSA) is 38.0 Å². The summed E-state index contributed by atoms with van der Waals surface area (Å²) in [6.07, 6.45) is 2.98. The number of hydrogen-bond donors (Lipinski definition) is 2. The second-order valence-electron chi connectivity index (χ2n) is 5.79. The van der Waals surface area contributed by atoms with Crippen LogP contribution >= 0.6 is 0 Å². The van der Waals surface area contributed by atoms with E-state index in [1.165, 1.54) is 12.1 Å². The molecule has 0 saturated heterocycles. The van der Waals surface area contributed by atoms with Gasteiger partial charge in [0.2, 0.25) is 0 Å². The Hall–Kier alpha value is -0.930. The minimum Gasteiger partial charge on any atom is -0.271 e. The molecule has 0 spiro atoms. The highest BCUT2D eigenvalue weighted by Crippen LogP contribution is 2.22. The molecule has 0 aromatic heterocycles. The molecule has 2 nitrogen and oxygen atoms in total. The summed E-state index contributed by atoms with van der Waals surface area (Å²) in [6, 6.07) is 6.87. The third kappa shape index (κ3) is 5.80. The van der Waals surface area contributed by atoms with E-state index in [-0.39, 0.29) is 11.9 Å². The summed E-state index contributed by atoms with van der Waals surface area (Å²) in [5, 5.41) is 0. The lowest BCUT2D eigenvalue weighted by Gasteiger charge is -2.22. The summed E-state index contributed by atoms with van der Waals surface area (Å²) in [5.74, 6) is 5.36. The minimum absolute atomic E-state index is 0.194. The van der Waals surface area contributed by atoms with E-state index >= 15 is 0 Å². The van der Waals surface area contributed by atoms with Crippen molar-refractivity contribution in [2.24, 2.45) is 11.3 Å². The van der Waals surface area contributed by atoms with Crippen LogP contribution in [0.25, 0.3) is 0 Å². The summed E-state index contributed by atoms with van der Waals surface area (Å²) < 4.78 is 12.8. The minimum atomic E-state index is -0.194. The number of rotatable bonds is 5. The average Bonchev–Trinajstić information content (AvgIpc) is 2.25. The van der Waals surface area contributed by atoms with Gasteiger partial charge in [0.1, 0.15) is 5.82 Å². The second kappa shape index (κ2) is 6.12. The Kier molecular flexibility index (Phi) is 5.09. The highest BCUT2D eigenvalue weighted by Gasteiger charge is 2.14. The number of hydrogen-bond acceptors (Lipinski definition) is 2. The van der Waals surface area contributed by atoms with Crippen LogP contribution in [0.1, 0.15) is 39.2 Å². The summed E-state index contributed by atoms with van der Waals surface area (Å²) in [6.45, 7) is 6.66. The van der Waals surface area contributed by atoms with E-state index in [0.29, 0.717) is 5.41 Å². The van der Waals surface area contributed by atoms with Gasteiger partial charge in [-0.15, -0.1) is 0 Å². The predicted octanol–water partition coefficient (Wildman–Crippen LogP) is 3.03. The Bertz CT molecular complexity index is 327. The lowest BCUT2D eigenvalue weighted by atomic mass is 9.87. The van der Waals surface area contributed by atoms with Crippen LogP contribution in [0.15, 0.2) is 24.3 Å². The van der Waals surface area contributed by atoms with Crippen molar-refractivity contribution >= 4 is 0 Å². The summed E-state index contributed by atoms with van der Waals surface area (Å²) in [4.78, 5) is 0. The van der Waals surface area contributed by atoms with Gasteiger partial charge in [-0.3, -0.25) is 11.3 Å². The van der Waals surface area contributed by atoms with E-state index in [1.807, 2.05) is 12.1 Å². The molecular formula is C14H23FN2. The molecule has 3 N–H and O–H groups in total. The van der Waals surface area contributed by atoms with Gasteiger partial charge in [0, 0.05) is 6.04 Å². The number of benzene rings is 1. The molecule has 96 valence electrons. The summed E-state index contributed by atoms with van der Waals surface area (Å²) in [5.41, 5.74) is 4.28. The molecule has 3 heteroatoms. The molecule has 0 aliphatic carbocycles. The molecule has 1 atom stereocenters. The zero-order valence-corrected chi connectivity index (χ0v) is 11.0. The second-order valence-corrected chi connectivity index (χ2v) is 5.79. The highest BCUT2D eigenvalue weighted by atomic mass is 19.1. The van der Waals surface area contributed by atoms with Crippen molar-refractivity contribution in [1.29, 1.82) is 0 Å². The third-order valence-corrected chi connectivity index (χ3v) is 2.87. The van der Waals surface area contributed by atoms with Crippen molar-refractivity contribution < 1.29 is 4.39 Å². The van der Waals surface area contributed by atoms with Crippen LogP contribution < -0.4 is 11.3 Å². The first-order valence-electron chi connectivity index (χ1n) is 6.11. The van der Waals surface area contributed by atoms with Gasteiger partial charge in [-0.05, 0) is 42.4 Å². The van der Waals surface area contributed by atoms with Gasteiger partial charge in [-0.1, -0.05) is 32.9 Å². The number of nitrogens with two attached hydrogens (primary N) is 1. The van der Waals surface area contributed by atoms with E-state index in [9.17, 15) is 4.39 Å². The molecule has 17 heavy (non-hydrogen) atoms. The largest absolute Gasteiger partial charge is 0.271 e. The molecule has 0 amide bonds. The lowest BCUT2D eigenvalue weighted by Crippen LogP contribution is -2.37. The Balaban J connectivity index is 2.49. The van der Waals surface area contributed by atoms with E-state index < -0.39 is 0 Å². The first kappa shape index (κ1) is 14.1. The Labute approximate surface area is 103 Å². The quantitative estimate of drug-likeness (QED) is 0.611. The maximum Gasteiger partial charge on any atom is 0.123 e. The average molecular weight is 238 g/mol. The van der Waals surface area contributed by atoms with Crippen molar-refractivity contribution in [3.63, 3.8) is 0 Å². The Morgan fingerprint density at radius 1 is 1.24 bits per heavy atom. The van der Waals surface area contributed by atoms with Crippen LogP contribution in [0.2, 0.25) is 0 Å². The molecule has 0 fully saturated rings. The predicted molar refractivity (Wildman–Crippen MR) is 69.9 cm³/mol. The van der Waals surface area contributed by atoms with Gasteiger partial charge in [-0.2, -0.15) is 0 Å². The first-order chi connectivity index (χ1) is 7.90. The van der Waals surface area contributed by atoms with Crippen molar-refractivity contribution in [2.75, 3.05) is 0 Å². The fraction of sp³-hybridized carbons (Fsp3) is 0.571. The van der Waals surface area contributed by atoms with Gasteiger partial charge >= 0.3 is 0 Å². The van der Waals surface area contributed by atoms with Gasteiger partial charge in [0.15, 0.2) is 0 Å². The van der Waals surface area contributed by atoms with Crippen molar-refractivity contribution in [3.8, 4) is 0 Å². The maximum atomic E-state index is 12.8. The molecule has 0 saturated carbocycles. The van der Waals surface area contributed by atoms with Crippen LogP contribution in [-0.2, 0) is 6.42 Å². The molecule has 1 rings (SSSR count). The van der Waals surface area contributed by atoms with Crippen LogP contribution in [-0.4, -0.2) is 6.04 Å². The van der Waals surface area contributed by atoms with Crippen molar-refractivity contribution in [2.45, 2.75) is 46.1 Å². The molecule has 0 radical (unpaired) electrons. The van der Waals surface area contributed by atoms with Crippen molar-refractivity contribution in [1.82, 2.24) is 5.43 Å². The first-order valence-corrected chi connectivity index (χ1v) is 6.11. The monoisotopic (exact) mass is 238 g/mol. The standard InChI is InChI=1S/C14H23FN2/c1-14(2,3)9-8-13(17-16)10-11-4-6-12(15)7-5-11/h4-7,13,17H,8-10,16H2,1-3H3. The fourth-order valence-corrected chi connectivity index (χ4v) is 1.76. The molecule has 0 heterocycles. The normalized spacial score (nSPS) is 13.7. The summed E-state index contributed by atoms with van der Waals surface area (Å²) in [7, 11) is 0. The van der Waals surface area contributed by atoms with E-state index in [2.05, 4.69) is 26.2 Å². The Morgan fingerprint density at radius 2 is 1.82 bits per heavy atom. The van der Waals surface area contributed by atoms with Crippen LogP contribution in [0.3, 0.4) is 0 Å². The van der Waals surface area contributed by atoms with E-state index in [4.69, 9.17) is 5.84 Å². The zero-order valence-electron chi connectivity index (χ0n) is 11.0. The van der Waals surface area contributed by atoms with Gasteiger partial charge in [0.25, 0.3) is 0 Å². The molecule has 0 bridgehead atoms. The SMILES string of the molecule is CC(C)(C)CCC(Cc1ccc(F)cc1)NN. The smallest absolute Gasteiger partial charge is 0.123 e. The zero-order chi connectivity index (χ0) is 12.9. The van der Waals surface area contributed by atoms with Crippen LogP contribution in [0, 0.1) is 11.2 Å². The Morgan fingerprint density at radius 3 is 2.29 bits per heavy atom.